The first-order valence-electron chi connectivity index (χ1n) is 7.02. The zero-order valence-electron chi connectivity index (χ0n) is 11.6. The van der Waals surface area contributed by atoms with Crippen molar-refractivity contribution >= 4 is 28.1 Å². The predicted octanol–water partition coefficient (Wildman–Crippen LogP) is 3.85. The fraction of sp³-hybridized carbons (Fsp3) is 0. The van der Waals surface area contributed by atoms with E-state index in [0.29, 0.717) is 10.8 Å². The smallest absolute Gasteiger partial charge is 0.344 e. The summed E-state index contributed by atoms with van der Waals surface area (Å²) in [5, 5.41) is 3.22. The summed E-state index contributed by atoms with van der Waals surface area (Å²) in [5.41, 5.74) is 2.13. The lowest BCUT2D eigenvalue weighted by molar-refractivity contribution is 0.485. The van der Waals surface area contributed by atoms with Gasteiger partial charge in [-0.05, 0) is 29.8 Å². The minimum absolute atomic E-state index is 0.361. The van der Waals surface area contributed by atoms with Crippen LogP contribution in [0.25, 0.3) is 39.3 Å². The molecule has 0 bridgehead atoms. The molecule has 0 amide bonds. The number of hydrogen-bond donors (Lipinski definition) is 0. The zero-order valence-corrected chi connectivity index (χ0v) is 11.6. The highest BCUT2D eigenvalue weighted by molar-refractivity contribution is 6.18. The third-order valence-corrected chi connectivity index (χ3v) is 4.26. The summed E-state index contributed by atoms with van der Waals surface area (Å²) in [6, 6.07) is 15.5. The maximum Gasteiger partial charge on any atom is 0.344 e. The Hall–Kier alpha value is -3.07. The summed E-state index contributed by atoms with van der Waals surface area (Å²) >= 11 is 0. The number of fused-ring (bicyclic) bond motifs is 2. The lowest BCUT2D eigenvalue weighted by atomic mass is 9.92. The summed E-state index contributed by atoms with van der Waals surface area (Å²) in [6.45, 7) is 3.85. The first kappa shape index (κ1) is 11.6. The molecule has 4 aromatic rings. The van der Waals surface area contributed by atoms with Crippen LogP contribution in [0.3, 0.4) is 0 Å². The Kier molecular flexibility index (Phi) is 1.98. The molecule has 104 valence electrons. The third kappa shape index (κ3) is 1.28. The Labute approximate surface area is 125 Å². The summed E-state index contributed by atoms with van der Waals surface area (Å²) < 4.78 is 11.2. The Balaban J connectivity index is 2.12. The molecule has 0 unspecified atom stereocenters. The van der Waals surface area contributed by atoms with Gasteiger partial charge in [0.2, 0.25) is 0 Å². The van der Waals surface area contributed by atoms with Crippen molar-refractivity contribution < 1.29 is 9.15 Å². The van der Waals surface area contributed by atoms with Gasteiger partial charge in [-0.1, -0.05) is 30.8 Å². The quantitative estimate of drug-likeness (QED) is 0.434. The van der Waals surface area contributed by atoms with Crippen LogP contribution in [0, 0.1) is 0 Å². The molecule has 0 spiro atoms. The average Bonchev–Trinajstić information content (AvgIpc) is 2.54. The van der Waals surface area contributed by atoms with Crippen LogP contribution in [0.2, 0.25) is 0 Å². The Morgan fingerprint density at radius 2 is 1.59 bits per heavy atom. The minimum Gasteiger partial charge on any atom is -0.456 e. The van der Waals surface area contributed by atoms with Gasteiger partial charge in [-0.2, -0.15) is 0 Å². The molecule has 1 aromatic heterocycles. The first-order chi connectivity index (χ1) is 10.7. The number of hydrogen-bond acceptors (Lipinski definition) is 3. The van der Waals surface area contributed by atoms with Crippen LogP contribution in [0.5, 0.6) is 11.5 Å². The fourth-order valence-corrected chi connectivity index (χ4v) is 3.29. The lowest BCUT2D eigenvalue weighted by Crippen LogP contribution is -2.12. The van der Waals surface area contributed by atoms with E-state index in [1.807, 2.05) is 48.5 Å². The molecular formula is C19H10O3. The van der Waals surface area contributed by atoms with E-state index in [2.05, 4.69) is 6.58 Å². The van der Waals surface area contributed by atoms with Crippen molar-refractivity contribution in [2.24, 2.45) is 0 Å². The number of benzene rings is 3. The molecule has 0 aliphatic carbocycles. The van der Waals surface area contributed by atoms with Gasteiger partial charge in [0.05, 0.1) is 5.39 Å². The van der Waals surface area contributed by atoms with Crippen molar-refractivity contribution in [2.45, 2.75) is 0 Å². The van der Waals surface area contributed by atoms with Gasteiger partial charge in [-0.3, -0.25) is 0 Å². The van der Waals surface area contributed by atoms with Crippen LogP contribution >= 0.6 is 0 Å². The van der Waals surface area contributed by atoms with Crippen LogP contribution < -0.4 is 15.8 Å². The van der Waals surface area contributed by atoms with Crippen molar-refractivity contribution in [1.82, 2.24) is 0 Å². The van der Waals surface area contributed by atoms with Crippen molar-refractivity contribution in [3.63, 3.8) is 0 Å². The van der Waals surface area contributed by atoms with Crippen molar-refractivity contribution in [3.05, 3.63) is 64.4 Å². The lowest BCUT2D eigenvalue weighted by Gasteiger charge is -2.22. The molecule has 0 atom stereocenters. The third-order valence-electron chi connectivity index (χ3n) is 4.26. The van der Waals surface area contributed by atoms with Gasteiger partial charge in [-0.15, -0.1) is 0 Å². The Bertz CT molecular complexity index is 1160. The van der Waals surface area contributed by atoms with E-state index in [1.54, 1.807) is 0 Å². The first-order valence-corrected chi connectivity index (χ1v) is 7.02. The molecular weight excluding hydrogens is 276 g/mol. The largest absolute Gasteiger partial charge is 0.456 e. The summed E-state index contributed by atoms with van der Waals surface area (Å²) in [4.78, 5) is 12.1. The highest BCUT2D eigenvalue weighted by Crippen LogP contribution is 2.47. The van der Waals surface area contributed by atoms with Crippen molar-refractivity contribution in [1.29, 1.82) is 0 Å². The van der Waals surface area contributed by atoms with Crippen LogP contribution in [0.15, 0.2) is 57.7 Å². The molecule has 3 nitrogen and oxygen atoms in total. The maximum absolute atomic E-state index is 12.1. The van der Waals surface area contributed by atoms with E-state index in [9.17, 15) is 4.79 Å². The topological polar surface area (TPSA) is 39.4 Å². The molecule has 22 heavy (non-hydrogen) atoms. The van der Waals surface area contributed by atoms with Crippen LogP contribution in [-0.2, 0) is 0 Å². The van der Waals surface area contributed by atoms with E-state index >= 15 is 0 Å². The average molecular weight is 286 g/mol. The van der Waals surface area contributed by atoms with Gasteiger partial charge in [0.1, 0.15) is 16.9 Å². The van der Waals surface area contributed by atoms with Crippen molar-refractivity contribution in [2.75, 3.05) is 0 Å². The molecule has 3 aromatic carbocycles. The highest BCUT2D eigenvalue weighted by atomic mass is 16.5. The molecule has 0 radical (unpaired) electrons. The molecule has 0 N–H and O–H groups in total. The normalized spacial score (nSPS) is 12.4. The minimum atomic E-state index is -0.361. The van der Waals surface area contributed by atoms with E-state index < -0.39 is 0 Å². The van der Waals surface area contributed by atoms with Gasteiger partial charge in [0.25, 0.3) is 0 Å². The highest BCUT2D eigenvalue weighted by Gasteiger charge is 2.22. The van der Waals surface area contributed by atoms with Gasteiger partial charge < -0.3 is 9.15 Å². The number of ether oxygens (including phenoxy) is 1. The molecule has 0 saturated carbocycles. The van der Waals surface area contributed by atoms with Crippen LogP contribution in [-0.4, -0.2) is 0 Å². The van der Waals surface area contributed by atoms with Crippen LogP contribution in [0.1, 0.15) is 0 Å². The standard InChI is InChI=1S/C19H10O3/c1-10-11-8-9-16-18-13(12-4-2-3-5-15(12)22-16)6-7-14(17(11)18)19(20)21-10/h2-9H,1H2. The second kappa shape index (κ2) is 3.77. The molecule has 1 aliphatic rings. The van der Waals surface area contributed by atoms with Gasteiger partial charge in [0.15, 0.2) is 0 Å². The Morgan fingerprint density at radius 1 is 0.773 bits per heavy atom. The monoisotopic (exact) mass is 286 g/mol. The van der Waals surface area contributed by atoms with E-state index in [-0.39, 0.29) is 5.63 Å². The molecule has 0 saturated heterocycles. The second-order valence-electron chi connectivity index (χ2n) is 5.43. The van der Waals surface area contributed by atoms with E-state index in [4.69, 9.17) is 9.15 Å². The maximum atomic E-state index is 12.1. The molecule has 0 fully saturated rings. The number of rotatable bonds is 0. The molecule has 5 rings (SSSR count). The van der Waals surface area contributed by atoms with E-state index in [1.165, 1.54) is 0 Å². The van der Waals surface area contributed by atoms with Crippen molar-refractivity contribution in [3.8, 4) is 22.6 Å². The summed E-state index contributed by atoms with van der Waals surface area (Å²) in [6.07, 6.45) is 0. The molecule has 3 heteroatoms. The predicted molar refractivity (Wildman–Crippen MR) is 86.2 cm³/mol. The van der Waals surface area contributed by atoms with Gasteiger partial charge in [0, 0.05) is 21.7 Å². The summed E-state index contributed by atoms with van der Waals surface area (Å²) in [5.74, 6) is 1.59. The SMILES string of the molecule is C=c1oc(=O)c2ccc3c4c(ccc1c42)Oc1ccccc1-3. The van der Waals surface area contributed by atoms with Gasteiger partial charge in [-0.25, -0.2) is 4.79 Å². The fourth-order valence-electron chi connectivity index (χ4n) is 3.29. The zero-order chi connectivity index (χ0) is 14.8. The van der Waals surface area contributed by atoms with Gasteiger partial charge >= 0.3 is 5.63 Å². The molecule has 2 heterocycles. The van der Waals surface area contributed by atoms with E-state index in [0.717, 1.165) is 38.8 Å². The van der Waals surface area contributed by atoms with Crippen LogP contribution in [0.4, 0.5) is 0 Å². The second-order valence-corrected chi connectivity index (χ2v) is 5.43. The number of para-hydroxylation sites is 1. The Morgan fingerprint density at radius 3 is 2.50 bits per heavy atom. The molecule has 1 aliphatic heterocycles. The summed E-state index contributed by atoms with van der Waals surface area (Å²) in [7, 11) is 0.